The summed E-state index contributed by atoms with van der Waals surface area (Å²) in [6, 6.07) is 7.09. The van der Waals surface area contributed by atoms with Gasteiger partial charge in [-0.15, -0.1) is 0 Å². The Kier molecular flexibility index (Phi) is 4.30. The Hall–Kier alpha value is -1.91. The van der Waals surface area contributed by atoms with Crippen molar-refractivity contribution >= 4 is 21.5 Å². The van der Waals surface area contributed by atoms with E-state index in [0.717, 1.165) is 0 Å². The molecule has 0 amide bonds. The van der Waals surface area contributed by atoms with Gasteiger partial charge in [0.15, 0.2) is 5.78 Å². The van der Waals surface area contributed by atoms with Crippen LogP contribution in [0, 0.1) is 11.3 Å². The number of anilines is 1. The molecule has 2 rings (SSSR count). The molecule has 1 aromatic rings. The standard InChI is InChI=1S/C14H17N3O3S/c1-11(18)12-3-4-13(10-15)14(9-12)16-5-7-17(8-6-16)21(2,19)20/h3-4,9H,5-8H2,1-2H3. The fraction of sp³-hybridized carbons (Fsp3) is 0.429. The second kappa shape index (κ2) is 5.84. The van der Waals surface area contributed by atoms with Gasteiger partial charge in [0.05, 0.1) is 17.5 Å². The Balaban J connectivity index is 2.25. The van der Waals surface area contributed by atoms with Crippen LogP contribution in [0.5, 0.6) is 0 Å². The summed E-state index contributed by atoms with van der Waals surface area (Å²) < 4.78 is 24.4. The van der Waals surface area contributed by atoms with Crippen molar-refractivity contribution in [1.29, 1.82) is 5.26 Å². The van der Waals surface area contributed by atoms with E-state index >= 15 is 0 Å². The minimum Gasteiger partial charge on any atom is -0.368 e. The van der Waals surface area contributed by atoms with Crippen molar-refractivity contribution < 1.29 is 13.2 Å². The molecule has 7 heteroatoms. The third kappa shape index (κ3) is 3.40. The molecule has 21 heavy (non-hydrogen) atoms. The predicted octanol–water partition coefficient (Wildman–Crippen LogP) is 0.842. The van der Waals surface area contributed by atoms with E-state index in [4.69, 9.17) is 0 Å². The highest BCUT2D eigenvalue weighted by Crippen LogP contribution is 2.24. The largest absolute Gasteiger partial charge is 0.368 e. The van der Waals surface area contributed by atoms with Crippen LogP contribution in [0.25, 0.3) is 0 Å². The van der Waals surface area contributed by atoms with Gasteiger partial charge in [-0.05, 0) is 25.1 Å². The topological polar surface area (TPSA) is 81.5 Å². The van der Waals surface area contributed by atoms with Gasteiger partial charge in [0.2, 0.25) is 10.0 Å². The van der Waals surface area contributed by atoms with E-state index in [1.54, 1.807) is 18.2 Å². The van der Waals surface area contributed by atoms with E-state index in [1.165, 1.54) is 17.5 Å². The highest BCUT2D eigenvalue weighted by Gasteiger charge is 2.24. The first-order valence-corrected chi connectivity index (χ1v) is 8.43. The normalized spacial score (nSPS) is 16.5. The first-order chi connectivity index (χ1) is 9.82. The van der Waals surface area contributed by atoms with Gasteiger partial charge < -0.3 is 4.90 Å². The number of Topliss-reactive ketones (excluding diaryl/α,β-unsaturated/α-hetero) is 1. The molecule has 1 aliphatic rings. The van der Waals surface area contributed by atoms with Crippen LogP contribution in [0.4, 0.5) is 5.69 Å². The quantitative estimate of drug-likeness (QED) is 0.773. The van der Waals surface area contributed by atoms with Gasteiger partial charge >= 0.3 is 0 Å². The fourth-order valence-corrected chi connectivity index (χ4v) is 3.19. The van der Waals surface area contributed by atoms with Gasteiger partial charge in [0.25, 0.3) is 0 Å². The van der Waals surface area contributed by atoms with Gasteiger partial charge in [-0.3, -0.25) is 4.79 Å². The van der Waals surface area contributed by atoms with Gasteiger partial charge in [-0.25, -0.2) is 8.42 Å². The molecule has 0 aromatic heterocycles. The molecule has 0 saturated carbocycles. The highest BCUT2D eigenvalue weighted by atomic mass is 32.2. The molecule has 0 radical (unpaired) electrons. The minimum absolute atomic E-state index is 0.0597. The zero-order valence-corrected chi connectivity index (χ0v) is 12.9. The number of hydrogen-bond donors (Lipinski definition) is 0. The van der Waals surface area contributed by atoms with E-state index in [0.29, 0.717) is 43.0 Å². The van der Waals surface area contributed by atoms with Crippen molar-refractivity contribution in [2.24, 2.45) is 0 Å². The monoisotopic (exact) mass is 307 g/mol. The SMILES string of the molecule is CC(=O)c1ccc(C#N)c(N2CCN(S(C)(=O)=O)CC2)c1. The number of nitrogens with zero attached hydrogens (tertiary/aromatic N) is 3. The maximum Gasteiger partial charge on any atom is 0.211 e. The molecule has 6 nitrogen and oxygen atoms in total. The molecule has 1 saturated heterocycles. The van der Waals surface area contributed by atoms with Crippen LogP contribution in [-0.2, 0) is 10.0 Å². The molecular weight excluding hydrogens is 290 g/mol. The summed E-state index contributed by atoms with van der Waals surface area (Å²) >= 11 is 0. The third-order valence-corrected chi connectivity index (χ3v) is 4.88. The Morgan fingerprint density at radius 2 is 1.86 bits per heavy atom. The molecule has 1 aliphatic heterocycles. The Morgan fingerprint density at radius 1 is 1.24 bits per heavy atom. The average molecular weight is 307 g/mol. The molecule has 1 aromatic carbocycles. The van der Waals surface area contributed by atoms with E-state index in [9.17, 15) is 18.5 Å². The molecule has 0 atom stereocenters. The third-order valence-electron chi connectivity index (χ3n) is 3.57. The van der Waals surface area contributed by atoms with Crippen molar-refractivity contribution in [3.63, 3.8) is 0 Å². The maximum absolute atomic E-state index is 11.5. The number of piperazine rings is 1. The van der Waals surface area contributed by atoms with Gasteiger partial charge in [0, 0.05) is 31.7 Å². The lowest BCUT2D eigenvalue weighted by Gasteiger charge is -2.35. The van der Waals surface area contributed by atoms with Gasteiger partial charge in [0.1, 0.15) is 6.07 Å². The number of sulfonamides is 1. The number of hydrogen-bond acceptors (Lipinski definition) is 5. The number of benzene rings is 1. The first-order valence-electron chi connectivity index (χ1n) is 6.58. The van der Waals surface area contributed by atoms with E-state index in [-0.39, 0.29) is 5.78 Å². The maximum atomic E-state index is 11.5. The molecule has 112 valence electrons. The fourth-order valence-electron chi connectivity index (χ4n) is 2.37. The lowest BCUT2D eigenvalue weighted by molar-refractivity contribution is 0.101. The average Bonchev–Trinajstić information content (AvgIpc) is 2.45. The van der Waals surface area contributed by atoms with Gasteiger partial charge in [-0.2, -0.15) is 9.57 Å². The summed E-state index contributed by atoms with van der Waals surface area (Å²) in [6.45, 7) is 3.25. The van der Waals surface area contributed by atoms with Gasteiger partial charge in [-0.1, -0.05) is 0 Å². The van der Waals surface area contributed by atoms with E-state index < -0.39 is 10.0 Å². The second-order valence-electron chi connectivity index (χ2n) is 5.05. The molecule has 1 fully saturated rings. The number of ketones is 1. The number of carbonyl (C=O) groups excluding carboxylic acids is 1. The summed E-state index contributed by atoms with van der Waals surface area (Å²) in [6.07, 6.45) is 1.19. The summed E-state index contributed by atoms with van der Waals surface area (Å²) in [4.78, 5) is 13.4. The van der Waals surface area contributed by atoms with Crippen molar-refractivity contribution in [3.05, 3.63) is 29.3 Å². The summed E-state index contributed by atoms with van der Waals surface area (Å²) in [7, 11) is -3.18. The number of carbonyl (C=O) groups is 1. The van der Waals surface area contributed by atoms with E-state index in [2.05, 4.69) is 6.07 Å². The van der Waals surface area contributed by atoms with Crippen LogP contribution >= 0.6 is 0 Å². The van der Waals surface area contributed by atoms with Crippen LogP contribution in [-0.4, -0.2) is 50.9 Å². The van der Waals surface area contributed by atoms with Crippen molar-refractivity contribution in [2.45, 2.75) is 6.92 Å². The number of nitriles is 1. The first kappa shape index (κ1) is 15.5. The smallest absolute Gasteiger partial charge is 0.211 e. The minimum atomic E-state index is -3.18. The van der Waals surface area contributed by atoms with Crippen LogP contribution in [0.3, 0.4) is 0 Å². The molecule has 0 bridgehead atoms. The van der Waals surface area contributed by atoms with Crippen molar-refractivity contribution in [3.8, 4) is 6.07 Å². The molecule has 0 aliphatic carbocycles. The zero-order chi connectivity index (χ0) is 15.6. The Bertz CT molecular complexity index is 699. The van der Waals surface area contributed by atoms with E-state index in [1.807, 2.05) is 4.90 Å². The van der Waals surface area contributed by atoms with Crippen molar-refractivity contribution in [2.75, 3.05) is 37.3 Å². The molecule has 1 heterocycles. The zero-order valence-electron chi connectivity index (χ0n) is 12.0. The van der Waals surface area contributed by atoms with Crippen LogP contribution in [0.15, 0.2) is 18.2 Å². The Morgan fingerprint density at radius 3 is 2.33 bits per heavy atom. The molecule has 0 N–H and O–H groups in total. The summed E-state index contributed by atoms with van der Waals surface area (Å²) in [5.41, 5.74) is 1.74. The lowest BCUT2D eigenvalue weighted by atomic mass is 10.1. The Labute approximate surface area is 124 Å². The van der Waals surface area contributed by atoms with Crippen LogP contribution in [0.2, 0.25) is 0 Å². The molecule has 0 spiro atoms. The molecule has 0 unspecified atom stereocenters. The summed E-state index contributed by atoms with van der Waals surface area (Å²) in [5.74, 6) is -0.0597. The predicted molar refractivity (Wildman–Crippen MR) is 79.8 cm³/mol. The highest BCUT2D eigenvalue weighted by molar-refractivity contribution is 7.88. The van der Waals surface area contributed by atoms with Crippen LogP contribution < -0.4 is 4.90 Å². The lowest BCUT2D eigenvalue weighted by Crippen LogP contribution is -2.48. The van der Waals surface area contributed by atoms with Crippen LogP contribution in [0.1, 0.15) is 22.8 Å². The van der Waals surface area contributed by atoms with Crippen molar-refractivity contribution in [1.82, 2.24) is 4.31 Å². The number of rotatable bonds is 3. The summed E-state index contributed by atoms with van der Waals surface area (Å²) in [5, 5.41) is 9.19. The molecular formula is C14H17N3O3S. The second-order valence-corrected chi connectivity index (χ2v) is 7.03.